The van der Waals surface area contributed by atoms with Gasteiger partial charge in [0.05, 0.1) is 0 Å². The van der Waals surface area contributed by atoms with E-state index in [4.69, 9.17) is 5.11 Å². The third-order valence-corrected chi connectivity index (χ3v) is 3.52. The fourth-order valence-corrected chi connectivity index (χ4v) is 2.47. The first-order valence-electron chi connectivity index (χ1n) is 5.33. The highest BCUT2D eigenvalue weighted by atomic mass is 79.9. The summed E-state index contributed by atoms with van der Waals surface area (Å²) >= 11 is 3.41. The molecule has 16 heavy (non-hydrogen) atoms. The van der Waals surface area contributed by atoms with Crippen molar-refractivity contribution in [3.63, 3.8) is 0 Å². The van der Waals surface area contributed by atoms with Gasteiger partial charge in [0.25, 0.3) is 0 Å². The SMILES string of the molecule is O=C(O)C=C1CC[C@H](c2ccc(Br)cc2)C1. The Bertz CT molecular complexity index is 420. The van der Waals surface area contributed by atoms with Gasteiger partial charge in [-0.05, 0) is 42.9 Å². The van der Waals surface area contributed by atoms with Crippen LogP contribution in [0.25, 0.3) is 0 Å². The first-order valence-corrected chi connectivity index (χ1v) is 6.12. The number of benzene rings is 1. The zero-order valence-electron chi connectivity index (χ0n) is 8.82. The van der Waals surface area contributed by atoms with E-state index < -0.39 is 5.97 Å². The van der Waals surface area contributed by atoms with Crippen LogP contribution in [0.15, 0.2) is 40.4 Å². The summed E-state index contributed by atoms with van der Waals surface area (Å²) in [6, 6.07) is 8.29. The first-order chi connectivity index (χ1) is 7.65. The van der Waals surface area contributed by atoms with E-state index in [0.29, 0.717) is 5.92 Å². The number of rotatable bonds is 2. The minimum atomic E-state index is -0.827. The third kappa shape index (κ3) is 2.73. The van der Waals surface area contributed by atoms with Gasteiger partial charge < -0.3 is 5.11 Å². The maximum atomic E-state index is 10.6. The average molecular weight is 281 g/mol. The molecule has 1 atom stereocenters. The maximum absolute atomic E-state index is 10.6. The molecule has 1 aliphatic carbocycles. The summed E-state index contributed by atoms with van der Waals surface area (Å²) in [5.41, 5.74) is 2.36. The van der Waals surface area contributed by atoms with Crippen LogP contribution >= 0.6 is 15.9 Å². The molecule has 1 aliphatic rings. The van der Waals surface area contributed by atoms with Gasteiger partial charge in [-0.2, -0.15) is 0 Å². The van der Waals surface area contributed by atoms with Crippen molar-refractivity contribution in [1.29, 1.82) is 0 Å². The Morgan fingerprint density at radius 1 is 1.38 bits per heavy atom. The van der Waals surface area contributed by atoms with Crippen LogP contribution in [0.2, 0.25) is 0 Å². The van der Waals surface area contributed by atoms with Crippen molar-refractivity contribution in [1.82, 2.24) is 0 Å². The van der Waals surface area contributed by atoms with E-state index in [1.807, 2.05) is 12.1 Å². The van der Waals surface area contributed by atoms with E-state index in [1.165, 1.54) is 11.6 Å². The van der Waals surface area contributed by atoms with E-state index in [0.717, 1.165) is 29.3 Å². The van der Waals surface area contributed by atoms with Gasteiger partial charge >= 0.3 is 5.97 Å². The summed E-state index contributed by atoms with van der Waals surface area (Å²) < 4.78 is 1.08. The molecule has 2 nitrogen and oxygen atoms in total. The molecule has 0 spiro atoms. The molecule has 1 aromatic rings. The Balaban J connectivity index is 2.09. The number of halogens is 1. The number of carboxylic acid groups (broad SMARTS) is 1. The zero-order chi connectivity index (χ0) is 11.5. The largest absolute Gasteiger partial charge is 0.478 e. The molecule has 0 amide bonds. The molecule has 1 fully saturated rings. The standard InChI is InChI=1S/C13H13BrO2/c14-12-5-3-10(4-6-12)11-2-1-9(7-11)8-13(15)16/h3-6,8,11H,1-2,7H2,(H,15,16)/t11-/m0/s1. The van der Waals surface area contributed by atoms with E-state index >= 15 is 0 Å². The van der Waals surface area contributed by atoms with Gasteiger partial charge in [0.2, 0.25) is 0 Å². The first kappa shape index (κ1) is 11.4. The molecule has 0 aliphatic heterocycles. The monoisotopic (exact) mass is 280 g/mol. The summed E-state index contributed by atoms with van der Waals surface area (Å²) in [5, 5.41) is 8.68. The van der Waals surface area contributed by atoms with Gasteiger partial charge in [-0.25, -0.2) is 4.79 Å². The van der Waals surface area contributed by atoms with Crippen molar-refractivity contribution in [2.45, 2.75) is 25.2 Å². The van der Waals surface area contributed by atoms with Crippen LogP contribution < -0.4 is 0 Å². The van der Waals surface area contributed by atoms with Gasteiger partial charge in [0.15, 0.2) is 0 Å². The number of carbonyl (C=O) groups is 1. The van der Waals surface area contributed by atoms with Crippen LogP contribution in [0.1, 0.15) is 30.7 Å². The summed E-state index contributed by atoms with van der Waals surface area (Å²) in [4.78, 5) is 10.6. The highest BCUT2D eigenvalue weighted by molar-refractivity contribution is 9.10. The lowest BCUT2D eigenvalue weighted by Gasteiger charge is -2.08. The lowest BCUT2D eigenvalue weighted by Crippen LogP contribution is -1.92. The summed E-state index contributed by atoms with van der Waals surface area (Å²) in [6.07, 6.45) is 4.21. The van der Waals surface area contributed by atoms with Gasteiger partial charge in [-0.1, -0.05) is 33.6 Å². The average Bonchev–Trinajstić information content (AvgIpc) is 2.66. The number of hydrogen-bond donors (Lipinski definition) is 1. The summed E-state index contributed by atoms with van der Waals surface area (Å²) in [7, 11) is 0. The molecule has 1 saturated carbocycles. The highest BCUT2D eigenvalue weighted by Gasteiger charge is 2.21. The Morgan fingerprint density at radius 3 is 2.69 bits per heavy atom. The quantitative estimate of drug-likeness (QED) is 0.839. The maximum Gasteiger partial charge on any atom is 0.328 e. The predicted octanol–water partition coefficient (Wildman–Crippen LogP) is 3.73. The molecule has 84 valence electrons. The summed E-state index contributed by atoms with van der Waals surface area (Å²) in [6.45, 7) is 0. The zero-order valence-corrected chi connectivity index (χ0v) is 10.4. The smallest absolute Gasteiger partial charge is 0.328 e. The second kappa shape index (κ2) is 4.83. The van der Waals surface area contributed by atoms with Crippen molar-refractivity contribution in [3.05, 3.63) is 46.0 Å². The Morgan fingerprint density at radius 2 is 2.06 bits per heavy atom. The molecule has 0 saturated heterocycles. The fourth-order valence-electron chi connectivity index (χ4n) is 2.21. The normalized spacial score (nSPS) is 22.6. The summed E-state index contributed by atoms with van der Waals surface area (Å²) in [5.74, 6) is -0.342. The molecular weight excluding hydrogens is 268 g/mol. The van der Waals surface area contributed by atoms with E-state index in [2.05, 4.69) is 28.1 Å². The van der Waals surface area contributed by atoms with Crippen LogP contribution in [0, 0.1) is 0 Å². The van der Waals surface area contributed by atoms with Crippen molar-refractivity contribution in [2.75, 3.05) is 0 Å². The number of hydrogen-bond acceptors (Lipinski definition) is 1. The van der Waals surface area contributed by atoms with Gasteiger partial charge in [-0.3, -0.25) is 0 Å². The highest BCUT2D eigenvalue weighted by Crippen LogP contribution is 2.37. The van der Waals surface area contributed by atoms with E-state index in [-0.39, 0.29) is 0 Å². The third-order valence-electron chi connectivity index (χ3n) is 2.99. The molecule has 0 unspecified atom stereocenters. The minimum absolute atomic E-state index is 0.485. The predicted molar refractivity (Wildman–Crippen MR) is 66.5 cm³/mol. The molecule has 1 aromatic carbocycles. The second-order valence-corrected chi connectivity index (χ2v) is 5.05. The minimum Gasteiger partial charge on any atom is -0.478 e. The molecular formula is C13H13BrO2. The van der Waals surface area contributed by atoms with E-state index in [1.54, 1.807) is 0 Å². The van der Waals surface area contributed by atoms with Gasteiger partial charge in [-0.15, -0.1) is 0 Å². The second-order valence-electron chi connectivity index (χ2n) is 4.13. The topological polar surface area (TPSA) is 37.3 Å². The van der Waals surface area contributed by atoms with Crippen LogP contribution in [0.3, 0.4) is 0 Å². The molecule has 1 N–H and O–H groups in total. The van der Waals surface area contributed by atoms with Crippen LogP contribution in [-0.2, 0) is 4.79 Å². The molecule has 0 aromatic heterocycles. The molecule has 0 bridgehead atoms. The van der Waals surface area contributed by atoms with Gasteiger partial charge in [0.1, 0.15) is 0 Å². The van der Waals surface area contributed by atoms with Crippen LogP contribution in [0.5, 0.6) is 0 Å². The molecule has 0 radical (unpaired) electrons. The lowest BCUT2D eigenvalue weighted by atomic mass is 9.97. The van der Waals surface area contributed by atoms with Crippen molar-refractivity contribution < 1.29 is 9.90 Å². The van der Waals surface area contributed by atoms with E-state index in [9.17, 15) is 4.79 Å². The van der Waals surface area contributed by atoms with Gasteiger partial charge in [0, 0.05) is 10.5 Å². The van der Waals surface area contributed by atoms with Crippen LogP contribution in [-0.4, -0.2) is 11.1 Å². The lowest BCUT2D eigenvalue weighted by molar-refractivity contribution is -0.131. The Labute approximate surface area is 103 Å². The van der Waals surface area contributed by atoms with Crippen molar-refractivity contribution >= 4 is 21.9 Å². The molecule has 0 heterocycles. The number of allylic oxidation sites excluding steroid dienone is 1. The number of aliphatic carboxylic acids is 1. The Hall–Kier alpha value is -1.09. The Kier molecular flexibility index (Phi) is 3.44. The molecule has 3 heteroatoms. The van der Waals surface area contributed by atoms with Crippen molar-refractivity contribution in [3.8, 4) is 0 Å². The van der Waals surface area contributed by atoms with Crippen molar-refractivity contribution in [2.24, 2.45) is 0 Å². The van der Waals surface area contributed by atoms with Crippen LogP contribution in [0.4, 0.5) is 0 Å². The fraction of sp³-hybridized carbons (Fsp3) is 0.308. The number of carboxylic acids is 1. The molecule has 2 rings (SSSR count).